The molecule has 2 rings (SSSR count). The number of alkyl halides is 3. The summed E-state index contributed by atoms with van der Waals surface area (Å²) < 4.78 is 39.6. The molecule has 1 aliphatic carbocycles. The Morgan fingerprint density at radius 3 is 2.43 bits per heavy atom. The van der Waals surface area contributed by atoms with E-state index in [1.54, 1.807) is 30.0 Å². The Labute approximate surface area is 127 Å². The summed E-state index contributed by atoms with van der Waals surface area (Å²) >= 11 is 1.61. The van der Waals surface area contributed by atoms with Crippen LogP contribution in [-0.2, 0) is 0 Å². The van der Waals surface area contributed by atoms with E-state index in [4.69, 9.17) is 0 Å². The third kappa shape index (κ3) is 5.52. The number of hydrogen-bond donors (Lipinski definition) is 2. The first-order valence-electron chi connectivity index (χ1n) is 7.07. The van der Waals surface area contributed by atoms with Gasteiger partial charge in [-0.2, -0.15) is 24.9 Å². The second kappa shape index (κ2) is 7.51. The van der Waals surface area contributed by atoms with Crippen LogP contribution in [0, 0.1) is 5.92 Å². The molecular weight excluding hydrogens is 299 g/mol. The quantitative estimate of drug-likeness (QED) is 0.770. The molecule has 0 saturated heterocycles. The normalized spacial score (nSPS) is 18.5. The van der Waals surface area contributed by atoms with Crippen LogP contribution in [0.5, 0.6) is 0 Å². The molecule has 0 unspecified atom stereocenters. The molecule has 2 nitrogen and oxygen atoms in total. The van der Waals surface area contributed by atoms with E-state index >= 15 is 0 Å². The highest BCUT2D eigenvalue weighted by molar-refractivity contribution is 7.99. The van der Waals surface area contributed by atoms with Gasteiger partial charge >= 0.3 is 6.18 Å². The first-order chi connectivity index (χ1) is 10.0. The number of benzene rings is 1. The molecular formula is C15H20F3NOS. The van der Waals surface area contributed by atoms with E-state index in [0.717, 1.165) is 11.7 Å². The zero-order valence-electron chi connectivity index (χ0n) is 11.6. The van der Waals surface area contributed by atoms with E-state index < -0.39 is 18.3 Å². The van der Waals surface area contributed by atoms with Crippen LogP contribution in [0.4, 0.5) is 13.2 Å². The Morgan fingerprint density at radius 1 is 1.24 bits per heavy atom. The highest BCUT2D eigenvalue weighted by Crippen LogP contribution is 2.34. The monoisotopic (exact) mass is 319 g/mol. The van der Waals surface area contributed by atoms with Crippen molar-refractivity contribution < 1.29 is 18.3 Å². The summed E-state index contributed by atoms with van der Waals surface area (Å²) in [5, 5.41) is 11.9. The number of thioether (sulfide) groups is 1. The van der Waals surface area contributed by atoms with Crippen molar-refractivity contribution in [2.24, 2.45) is 5.92 Å². The van der Waals surface area contributed by atoms with Crippen molar-refractivity contribution in [1.29, 1.82) is 0 Å². The standard InChI is InChI=1S/C15H20F3NOS/c16-15(17,18)14(12-4-2-1-3-5-12)19-13(8-20)10-21-9-11-6-7-11/h1-5,11,13-14,19-20H,6-10H2/t13-,14+/m1/s1. The highest BCUT2D eigenvalue weighted by Gasteiger charge is 2.41. The Balaban J connectivity index is 1.95. The Hall–Kier alpha value is -0.720. The van der Waals surface area contributed by atoms with Gasteiger partial charge in [-0.05, 0) is 30.1 Å². The fourth-order valence-electron chi connectivity index (χ4n) is 2.08. The number of hydrogen-bond acceptors (Lipinski definition) is 3. The average Bonchev–Trinajstić information content (AvgIpc) is 3.26. The molecule has 6 heteroatoms. The number of aliphatic hydroxyl groups is 1. The van der Waals surface area contributed by atoms with Gasteiger partial charge in [0.2, 0.25) is 0 Å². The van der Waals surface area contributed by atoms with E-state index in [0.29, 0.717) is 5.75 Å². The lowest BCUT2D eigenvalue weighted by Gasteiger charge is -2.26. The fourth-order valence-corrected chi connectivity index (χ4v) is 3.36. The molecule has 118 valence electrons. The maximum absolute atomic E-state index is 13.2. The van der Waals surface area contributed by atoms with Gasteiger partial charge in [-0.15, -0.1) is 0 Å². The van der Waals surface area contributed by atoms with Crippen LogP contribution in [0.2, 0.25) is 0 Å². The minimum atomic E-state index is -4.38. The van der Waals surface area contributed by atoms with Crippen molar-refractivity contribution in [2.45, 2.75) is 31.1 Å². The molecule has 0 amide bonds. The van der Waals surface area contributed by atoms with Crippen molar-refractivity contribution in [3.8, 4) is 0 Å². The second-order valence-corrected chi connectivity index (χ2v) is 6.49. The smallest absolute Gasteiger partial charge is 0.395 e. The minimum absolute atomic E-state index is 0.177. The number of halogens is 3. The second-order valence-electron chi connectivity index (χ2n) is 5.41. The van der Waals surface area contributed by atoms with Crippen molar-refractivity contribution in [3.63, 3.8) is 0 Å². The summed E-state index contributed by atoms with van der Waals surface area (Å²) in [5.74, 6) is 2.19. The van der Waals surface area contributed by atoms with Gasteiger partial charge < -0.3 is 5.11 Å². The number of rotatable bonds is 8. The SMILES string of the molecule is OC[C@H](CSCC1CC1)N[C@@H](c1ccccc1)C(F)(F)F. The van der Waals surface area contributed by atoms with Crippen LogP contribution < -0.4 is 5.32 Å². The molecule has 2 N–H and O–H groups in total. The van der Waals surface area contributed by atoms with Crippen LogP contribution in [-0.4, -0.2) is 35.4 Å². The molecule has 1 saturated carbocycles. The minimum Gasteiger partial charge on any atom is -0.395 e. The van der Waals surface area contributed by atoms with E-state index in [1.165, 1.54) is 25.0 Å². The zero-order chi connectivity index (χ0) is 15.3. The van der Waals surface area contributed by atoms with E-state index in [2.05, 4.69) is 5.32 Å². The Morgan fingerprint density at radius 2 is 1.90 bits per heavy atom. The van der Waals surface area contributed by atoms with Gasteiger partial charge in [0, 0.05) is 11.8 Å². The predicted molar refractivity (Wildman–Crippen MR) is 79.3 cm³/mol. The van der Waals surface area contributed by atoms with Crippen LogP contribution in [0.3, 0.4) is 0 Å². The largest absolute Gasteiger partial charge is 0.407 e. The molecule has 1 aliphatic rings. The van der Waals surface area contributed by atoms with E-state index in [-0.39, 0.29) is 12.2 Å². The summed E-state index contributed by atoms with van der Waals surface area (Å²) in [6.45, 7) is -0.295. The van der Waals surface area contributed by atoms with Crippen molar-refractivity contribution in [1.82, 2.24) is 5.32 Å². The maximum Gasteiger partial charge on any atom is 0.407 e. The summed E-state index contributed by atoms with van der Waals surface area (Å²) in [6.07, 6.45) is -1.94. The molecule has 0 bridgehead atoms. The average molecular weight is 319 g/mol. The Kier molecular flexibility index (Phi) is 5.96. The first kappa shape index (κ1) is 16.6. The van der Waals surface area contributed by atoms with E-state index in [9.17, 15) is 18.3 Å². The summed E-state index contributed by atoms with van der Waals surface area (Å²) in [5.41, 5.74) is 0.177. The van der Waals surface area contributed by atoms with Gasteiger partial charge in [0.15, 0.2) is 0 Å². The van der Waals surface area contributed by atoms with Gasteiger partial charge in [0.05, 0.1) is 6.61 Å². The lowest BCUT2D eigenvalue weighted by atomic mass is 10.1. The summed E-state index contributed by atoms with van der Waals surface area (Å²) in [4.78, 5) is 0. The molecule has 0 spiro atoms. The fraction of sp³-hybridized carbons (Fsp3) is 0.600. The Bertz CT molecular complexity index is 423. The third-order valence-electron chi connectivity index (χ3n) is 3.45. The molecule has 0 aromatic heterocycles. The molecule has 1 aromatic carbocycles. The number of nitrogens with one attached hydrogen (secondary N) is 1. The van der Waals surface area contributed by atoms with Crippen molar-refractivity contribution in [2.75, 3.05) is 18.1 Å². The first-order valence-corrected chi connectivity index (χ1v) is 8.22. The zero-order valence-corrected chi connectivity index (χ0v) is 12.5. The summed E-state index contributed by atoms with van der Waals surface area (Å²) in [6, 6.07) is 5.48. The lowest BCUT2D eigenvalue weighted by molar-refractivity contribution is -0.159. The molecule has 0 aliphatic heterocycles. The van der Waals surface area contributed by atoms with Crippen LogP contribution in [0.25, 0.3) is 0 Å². The lowest BCUT2D eigenvalue weighted by Crippen LogP contribution is -2.43. The summed E-state index contributed by atoms with van der Waals surface area (Å²) in [7, 11) is 0. The van der Waals surface area contributed by atoms with Gasteiger partial charge in [-0.3, -0.25) is 5.32 Å². The molecule has 0 radical (unpaired) electrons. The third-order valence-corrected chi connectivity index (χ3v) is 4.80. The van der Waals surface area contributed by atoms with E-state index in [1.807, 2.05) is 0 Å². The molecule has 2 atom stereocenters. The topological polar surface area (TPSA) is 32.3 Å². The van der Waals surface area contributed by atoms with Gasteiger partial charge in [0.25, 0.3) is 0 Å². The van der Waals surface area contributed by atoms with Crippen LogP contribution >= 0.6 is 11.8 Å². The van der Waals surface area contributed by atoms with Gasteiger partial charge in [-0.25, -0.2) is 0 Å². The maximum atomic E-state index is 13.2. The van der Waals surface area contributed by atoms with Gasteiger partial charge in [-0.1, -0.05) is 30.3 Å². The van der Waals surface area contributed by atoms with Crippen LogP contribution in [0.15, 0.2) is 30.3 Å². The molecule has 21 heavy (non-hydrogen) atoms. The molecule has 0 heterocycles. The predicted octanol–water partition coefficient (Wildman–Crippen LogP) is 3.38. The number of aliphatic hydroxyl groups excluding tert-OH is 1. The van der Waals surface area contributed by atoms with Crippen LogP contribution in [0.1, 0.15) is 24.4 Å². The molecule has 1 fully saturated rings. The van der Waals surface area contributed by atoms with Crippen molar-refractivity contribution >= 4 is 11.8 Å². The van der Waals surface area contributed by atoms with Gasteiger partial charge in [0.1, 0.15) is 6.04 Å². The van der Waals surface area contributed by atoms with Crippen molar-refractivity contribution in [3.05, 3.63) is 35.9 Å². The molecule has 1 aromatic rings. The highest BCUT2D eigenvalue weighted by atomic mass is 32.2.